The van der Waals surface area contributed by atoms with Crippen LogP contribution in [0.4, 0.5) is 0 Å². The molecule has 0 heterocycles. The van der Waals surface area contributed by atoms with Crippen molar-refractivity contribution in [3.63, 3.8) is 0 Å². The number of hydrogen-bond donors (Lipinski definition) is 1. The second kappa shape index (κ2) is 5.36. The van der Waals surface area contributed by atoms with E-state index in [2.05, 4.69) is 31.2 Å². The standard InChI is InChI=1S/C11H16N2/c1-2-13(10-12)9-8-11-6-4-3-5-7-11/h3-7,10,12H,2,8-9H2,1H3. The summed E-state index contributed by atoms with van der Waals surface area (Å²) in [7, 11) is 0. The molecule has 0 fully saturated rings. The van der Waals surface area contributed by atoms with Crippen LogP contribution in [-0.4, -0.2) is 24.3 Å². The van der Waals surface area contributed by atoms with E-state index in [-0.39, 0.29) is 0 Å². The SMILES string of the molecule is CCN(C=N)CCc1ccccc1. The van der Waals surface area contributed by atoms with Gasteiger partial charge >= 0.3 is 0 Å². The zero-order chi connectivity index (χ0) is 9.52. The summed E-state index contributed by atoms with van der Waals surface area (Å²) in [5, 5.41) is 7.13. The first kappa shape index (κ1) is 9.78. The molecule has 0 bridgehead atoms. The fourth-order valence-electron chi connectivity index (χ4n) is 1.23. The average Bonchev–Trinajstić information content (AvgIpc) is 2.21. The molecule has 0 spiro atoms. The molecule has 0 aliphatic carbocycles. The van der Waals surface area contributed by atoms with Gasteiger partial charge in [0.2, 0.25) is 0 Å². The van der Waals surface area contributed by atoms with Crippen molar-refractivity contribution in [3.05, 3.63) is 35.9 Å². The van der Waals surface area contributed by atoms with E-state index >= 15 is 0 Å². The highest BCUT2D eigenvalue weighted by molar-refractivity contribution is 5.50. The summed E-state index contributed by atoms with van der Waals surface area (Å²) in [6, 6.07) is 10.4. The fourth-order valence-corrected chi connectivity index (χ4v) is 1.23. The summed E-state index contributed by atoms with van der Waals surface area (Å²) < 4.78 is 0. The van der Waals surface area contributed by atoms with Crippen molar-refractivity contribution in [2.24, 2.45) is 0 Å². The summed E-state index contributed by atoms with van der Waals surface area (Å²) in [6.45, 7) is 3.91. The van der Waals surface area contributed by atoms with Gasteiger partial charge in [-0.05, 0) is 18.9 Å². The van der Waals surface area contributed by atoms with Gasteiger partial charge in [0.05, 0.1) is 6.34 Å². The van der Waals surface area contributed by atoms with Gasteiger partial charge < -0.3 is 4.90 Å². The Hall–Kier alpha value is -1.31. The Balaban J connectivity index is 2.38. The Morgan fingerprint density at radius 3 is 2.54 bits per heavy atom. The van der Waals surface area contributed by atoms with Crippen LogP contribution in [0.2, 0.25) is 0 Å². The predicted molar refractivity (Wildman–Crippen MR) is 56.2 cm³/mol. The van der Waals surface area contributed by atoms with Crippen LogP contribution in [0.15, 0.2) is 30.3 Å². The molecule has 1 aromatic rings. The molecule has 0 aliphatic rings. The van der Waals surface area contributed by atoms with Gasteiger partial charge in [0.1, 0.15) is 0 Å². The third-order valence-corrected chi connectivity index (χ3v) is 2.12. The van der Waals surface area contributed by atoms with Gasteiger partial charge in [-0.1, -0.05) is 30.3 Å². The first-order valence-electron chi connectivity index (χ1n) is 4.65. The normalized spacial score (nSPS) is 9.62. The highest BCUT2D eigenvalue weighted by Crippen LogP contribution is 2.00. The molecule has 0 atom stereocenters. The van der Waals surface area contributed by atoms with Crippen molar-refractivity contribution in [2.45, 2.75) is 13.3 Å². The van der Waals surface area contributed by atoms with E-state index in [0.29, 0.717) is 0 Å². The van der Waals surface area contributed by atoms with Gasteiger partial charge in [0.25, 0.3) is 0 Å². The first-order chi connectivity index (χ1) is 6.36. The van der Waals surface area contributed by atoms with Gasteiger partial charge in [-0.2, -0.15) is 0 Å². The van der Waals surface area contributed by atoms with Gasteiger partial charge in [0, 0.05) is 13.1 Å². The van der Waals surface area contributed by atoms with Crippen molar-refractivity contribution in [1.29, 1.82) is 5.41 Å². The molecule has 13 heavy (non-hydrogen) atoms. The monoisotopic (exact) mass is 176 g/mol. The lowest BCUT2D eigenvalue weighted by Gasteiger charge is -2.15. The number of nitrogens with one attached hydrogen (secondary N) is 1. The molecule has 70 valence electrons. The molecule has 1 rings (SSSR count). The van der Waals surface area contributed by atoms with E-state index in [1.165, 1.54) is 11.9 Å². The Morgan fingerprint density at radius 1 is 1.31 bits per heavy atom. The van der Waals surface area contributed by atoms with Crippen LogP contribution < -0.4 is 0 Å². The lowest BCUT2D eigenvalue weighted by molar-refractivity contribution is 0.456. The molecule has 0 aliphatic heterocycles. The quantitative estimate of drug-likeness (QED) is 0.540. The Kier molecular flexibility index (Phi) is 4.03. The van der Waals surface area contributed by atoms with Crippen molar-refractivity contribution in [3.8, 4) is 0 Å². The van der Waals surface area contributed by atoms with Crippen molar-refractivity contribution < 1.29 is 0 Å². The first-order valence-corrected chi connectivity index (χ1v) is 4.65. The van der Waals surface area contributed by atoms with Gasteiger partial charge in [-0.15, -0.1) is 0 Å². The highest BCUT2D eigenvalue weighted by atomic mass is 15.1. The van der Waals surface area contributed by atoms with Crippen LogP contribution in [0.25, 0.3) is 0 Å². The molecule has 0 amide bonds. The highest BCUT2D eigenvalue weighted by Gasteiger charge is 1.96. The summed E-state index contributed by atoms with van der Waals surface area (Å²) in [4.78, 5) is 1.99. The number of benzene rings is 1. The largest absolute Gasteiger partial charge is 0.363 e. The molecule has 0 saturated carbocycles. The number of likely N-dealkylation sites (N-methyl/N-ethyl adjacent to an activating group) is 1. The van der Waals surface area contributed by atoms with Crippen LogP contribution >= 0.6 is 0 Å². The van der Waals surface area contributed by atoms with Crippen molar-refractivity contribution in [2.75, 3.05) is 13.1 Å². The molecule has 1 N–H and O–H groups in total. The predicted octanol–water partition coefficient (Wildman–Crippen LogP) is 2.16. The minimum absolute atomic E-state index is 0.913. The van der Waals surface area contributed by atoms with Crippen LogP contribution in [0.1, 0.15) is 12.5 Å². The minimum atomic E-state index is 0.913. The minimum Gasteiger partial charge on any atom is -0.363 e. The van der Waals surface area contributed by atoms with Crippen molar-refractivity contribution in [1.82, 2.24) is 4.90 Å². The summed E-state index contributed by atoms with van der Waals surface area (Å²) in [6.07, 6.45) is 2.42. The van der Waals surface area contributed by atoms with Crippen LogP contribution in [0.3, 0.4) is 0 Å². The molecule has 2 heteroatoms. The number of rotatable bonds is 5. The lowest BCUT2D eigenvalue weighted by Crippen LogP contribution is -2.23. The molecular formula is C11H16N2. The third kappa shape index (κ3) is 3.28. The second-order valence-electron chi connectivity index (χ2n) is 2.99. The summed E-state index contributed by atoms with van der Waals surface area (Å²) in [5.41, 5.74) is 1.34. The maximum atomic E-state index is 7.13. The molecule has 0 unspecified atom stereocenters. The Bertz CT molecular complexity index is 244. The molecule has 0 saturated heterocycles. The summed E-state index contributed by atoms with van der Waals surface area (Å²) in [5.74, 6) is 0. The molecule has 2 nitrogen and oxygen atoms in total. The smallest absolute Gasteiger partial charge is 0.0817 e. The number of hydrogen-bond acceptors (Lipinski definition) is 1. The zero-order valence-corrected chi connectivity index (χ0v) is 8.03. The average molecular weight is 176 g/mol. The maximum Gasteiger partial charge on any atom is 0.0817 e. The fraction of sp³-hybridized carbons (Fsp3) is 0.364. The van der Waals surface area contributed by atoms with Gasteiger partial charge in [-0.25, -0.2) is 0 Å². The maximum absolute atomic E-state index is 7.13. The molecule has 0 radical (unpaired) electrons. The van der Waals surface area contributed by atoms with E-state index < -0.39 is 0 Å². The molecule has 0 aromatic heterocycles. The van der Waals surface area contributed by atoms with E-state index in [1.807, 2.05) is 11.0 Å². The van der Waals surface area contributed by atoms with Crippen molar-refractivity contribution >= 4 is 6.34 Å². The van der Waals surface area contributed by atoms with E-state index in [9.17, 15) is 0 Å². The lowest BCUT2D eigenvalue weighted by atomic mass is 10.1. The van der Waals surface area contributed by atoms with E-state index in [4.69, 9.17) is 5.41 Å². The van der Waals surface area contributed by atoms with E-state index in [1.54, 1.807) is 0 Å². The Labute approximate surface area is 79.7 Å². The Morgan fingerprint density at radius 2 is 2.00 bits per heavy atom. The van der Waals surface area contributed by atoms with Gasteiger partial charge in [-0.3, -0.25) is 5.41 Å². The van der Waals surface area contributed by atoms with E-state index in [0.717, 1.165) is 19.5 Å². The van der Waals surface area contributed by atoms with Crippen LogP contribution in [-0.2, 0) is 6.42 Å². The summed E-state index contributed by atoms with van der Waals surface area (Å²) >= 11 is 0. The topological polar surface area (TPSA) is 27.1 Å². The van der Waals surface area contributed by atoms with Crippen LogP contribution in [0, 0.1) is 5.41 Å². The molecular weight excluding hydrogens is 160 g/mol. The molecule has 1 aromatic carbocycles. The van der Waals surface area contributed by atoms with Crippen LogP contribution in [0.5, 0.6) is 0 Å². The second-order valence-corrected chi connectivity index (χ2v) is 2.99. The third-order valence-electron chi connectivity index (χ3n) is 2.12. The number of nitrogens with zero attached hydrogens (tertiary/aromatic N) is 1. The van der Waals surface area contributed by atoms with Gasteiger partial charge in [0.15, 0.2) is 0 Å². The zero-order valence-electron chi connectivity index (χ0n) is 8.03.